The first-order valence-electron chi connectivity index (χ1n) is 7.31. The lowest BCUT2D eigenvalue weighted by Gasteiger charge is -2.19. The Kier molecular flexibility index (Phi) is 3.42. The van der Waals surface area contributed by atoms with E-state index in [-0.39, 0.29) is 11.6 Å². The molecule has 3 heteroatoms. The summed E-state index contributed by atoms with van der Waals surface area (Å²) in [6.07, 6.45) is 1.99. The molecule has 21 heavy (non-hydrogen) atoms. The number of aryl methyl sites for hydroxylation is 2. The quantitative estimate of drug-likeness (QED) is 0.872. The van der Waals surface area contributed by atoms with Gasteiger partial charge in [-0.25, -0.2) is 4.79 Å². The molecule has 2 amide bonds. The minimum absolute atomic E-state index is 0.134. The van der Waals surface area contributed by atoms with Gasteiger partial charge in [-0.3, -0.25) is 0 Å². The monoisotopic (exact) mass is 280 g/mol. The Morgan fingerprint density at radius 1 is 1.05 bits per heavy atom. The molecule has 2 aromatic carbocycles. The lowest BCUT2D eigenvalue weighted by molar-refractivity contribution is 0.247. The van der Waals surface area contributed by atoms with Gasteiger partial charge in [0.25, 0.3) is 0 Å². The van der Waals surface area contributed by atoms with Crippen LogP contribution >= 0.6 is 0 Å². The fourth-order valence-corrected chi connectivity index (χ4v) is 2.61. The maximum atomic E-state index is 12.3. The van der Waals surface area contributed by atoms with Crippen LogP contribution in [0.4, 0.5) is 10.5 Å². The van der Waals surface area contributed by atoms with Crippen LogP contribution in [-0.4, -0.2) is 6.03 Å². The van der Waals surface area contributed by atoms with Crippen LogP contribution in [0.1, 0.15) is 29.5 Å². The summed E-state index contributed by atoms with van der Waals surface area (Å²) in [5.74, 6) is 0. The average molecular weight is 280 g/mol. The molecule has 0 saturated heterocycles. The Labute approximate surface area is 125 Å². The van der Waals surface area contributed by atoms with Crippen molar-refractivity contribution in [3.05, 3.63) is 65.2 Å². The Bertz CT molecular complexity index is 660. The molecule has 1 fully saturated rings. The third kappa shape index (κ3) is 2.92. The number of amides is 2. The molecule has 0 spiro atoms. The van der Waals surface area contributed by atoms with Crippen molar-refractivity contribution in [2.24, 2.45) is 0 Å². The van der Waals surface area contributed by atoms with Gasteiger partial charge < -0.3 is 10.6 Å². The van der Waals surface area contributed by atoms with Crippen molar-refractivity contribution in [2.75, 3.05) is 5.32 Å². The molecule has 2 N–H and O–H groups in total. The van der Waals surface area contributed by atoms with Gasteiger partial charge in [-0.15, -0.1) is 0 Å². The van der Waals surface area contributed by atoms with Gasteiger partial charge in [0.2, 0.25) is 0 Å². The maximum Gasteiger partial charge on any atom is 0.319 e. The molecule has 108 valence electrons. The number of carbonyl (C=O) groups is 1. The molecule has 2 aromatic rings. The standard InChI is InChI=1S/C18H20N2O/c1-13-8-9-14(2)16(12-13)19-17(21)20-18(10-11-18)15-6-4-3-5-7-15/h3-9,12H,10-11H2,1-2H3,(H2,19,20,21). The van der Waals surface area contributed by atoms with E-state index in [1.54, 1.807) is 0 Å². The van der Waals surface area contributed by atoms with Gasteiger partial charge in [0.15, 0.2) is 0 Å². The van der Waals surface area contributed by atoms with E-state index in [0.717, 1.165) is 29.7 Å². The molecular weight excluding hydrogens is 260 g/mol. The number of urea groups is 1. The first-order chi connectivity index (χ1) is 10.1. The molecule has 3 nitrogen and oxygen atoms in total. The summed E-state index contributed by atoms with van der Waals surface area (Å²) in [6, 6.07) is 16.1. The van der Waals surface area contributed by atoms with Crippen LogP contribution in [0.5, 0.6) is 0 Å². The van der Waals surface area contributed by atoms with Crippen molar-refractivity contribution in [3.63, 3.8) is 0 Å². The van der Waals surface area contributed by atoms with Crippen molar-refractivity contribution in [2.45, 2.75) is 32.2 Å². The van der Waals surface area contributed by atoms with Gasteiger partial charge in [-0.05, 0) is 49.4 Å². The van der Waals surface area contributed by atoms with Gasteiger partial charge in [0.05, 0.1) is 5.54 Å². The SMILES string of the molecule is Cc1ccc(C)c(NC(=O)NC2(c3ccccc3)CC2)c1. The van der Waals surface area contributed by atoms with Crippen LogP contribution in [0.3, 0.4) is 0 Å². The second-order valence-corrected chi connectivity index (χ2v) is 5.85. The molecule has 0 unspecified atom stereocenters. The number of rotatable bonds is 3. The second-order valence-electron chi connectivity index (χ2n) is 5.85. The van der Waals surface area contributed by atoms with Crippen LogP contribution in [-0.2, 0) is 5.54 Å². The lowest BCUT2D eigenvalue weighted by Crippen LogP contribution is -2.38. The number of hydrogen-bond acceptors (Lipinski definition) is 1. The zero-order valence-electron chi connectivity index (χ0n) is 12.4. The lowest BCUT2D eigenvalue weighted by atomic mass is 10.1. The topological polar surface area (TPSA) is 41.1 Å². The van der Waals surface area contributed by atoms with Crippen molar-refractivity contribution in [1.29, 1.82) is 0 Å². The highest BCUT2D eigenvalue weighted by atomic mass is 16.2. The molecule has 0 bridgehead atoms. The Hall–Kier alpha value is -2.29. The summed E-state index contributed by atoms with van der Waals surface area (Å²) < 4.78 is 0. The molecular formula is C18H20N2O. The fourth-order valence-electron chi connectivity index (χ4n) is 2.61. The van der Waals surface area contributed by atoms with Crippen molar-refractivity contribution >= 4 is 11.7 Å². The van der Waals surface area contributed by atoms with Crippen molar-refractivity contribution in [1.82, 2.24) is 5.32 Å². The van der Waals surface area contributed by atoms with E-state index in [1.807, 2.05) is 50.2 Å². The molecule has 0 aliphatic heterocycles. The zero-order valence-corrected chi connectivity index (χ0v) is 12.4. The van der Waals surface area contributed by atoms with E-state index in [2.05, 4.69) is 22.8 Å². The van der Waals surface area contributed by atoms with E-state index in [4.69, 9.17) is 0 Å². The predicted octanol–water partition coefficient (Wildman–Crippen LogP) is 4.11. The minimum atomic E-state index is -0.178. The predicted molar refractivity (Wildman–Crippen MR) is 85.4 cm³/mol. The Balaban J connectivity index is 1.71. The summed E-state index contributed by atoms with van der Waals surface area (Å²) in [5, 5.41) is 6.10. The van der Waals surface area contributed by atoms with Gasteiger partial charge in [-0.1, -0.05) is 42.5 Å². The number of benzene rings is 2. The highest BCUT2D eigenvalue weighted by Gasteiger charge is 2.45. The van der Waals surface area contributed by atoms with Gasteiger partial charge >= 0.3 is 6.03 Å². The highest BCUT2D eigenvalue weighted by molar-refractivity contribution is 5.91. The van der Waals surface area contributed by atoms with Gasteiger partial charge in [-0.2, -0.15) is 0 Å². The smallest absolute Gasteiger partial charge is 0.319 e. The fraction of sp³-hybridized carbons (Fsp3) is 0.278. The normalized spacial score (nSPS) is 15.3. The number of hydrogen-bond donors (Lipinski definition) is 2. The minimum Gasteiger partial charge on any atom is -0.328 e. The van der Waals surface area contributed by atoms with E-state index in [1.165, 1.54) is 5.56 Å². The van der Waals surface area contributed by atoms with Gasteiger partial charge in [0, 0.05) is 5.69 Å². The summed E-state index contributed by atoms with van der Waals surface area (Å²) in [6.45, 7) is 4.02. The summed E-state index contributed by atoms with van der Waals surface area (Å²) in [5.41, 5.74) is 4.08. The second kappa shape index (κ2) is 5.24. The zero-order chi connectivity index (χ0) is 14.9. The van der Waals surface area contributed by atoms with Crippen LogP contribution in [0.2, 0.25) is 0 Å². The van der Waals surface area contributed by atoms with E-state index < -0.39 is 0 Å². The van der Waals surface area contributed by atoms with Gasteiger partial charge in [0.1, 0.15) is 0 Å². The highest BCUT2D eigenvalue weighted by Crippen LogP contribution is 2.45. The summed E-state index contributed by atoms with van der Waals surface area (Å²) >= 11 is 0. The Morgan fingerprint density at radius 3 is 2.43 bits per heavy atom. The van der Waals surface area contributed by atoms with E-state index in [0.29, 0.717) is 0 Å². The third-order valence-corrected chi connectivity index (χ3v) is 4.07. The molecule has 3 rings (SSSR count). The molecule has 1 saturated carbocycles. The summed E-state index contributed by atoms with van der Waals surface area (Å²) in [4.78, 5) is 12.3. The Morgan fingerprint density at radius 2 is 1.76 bits per heavy atom. The van der Waals surface area contributed by atoms with Crippen LogP contribution < -0.4 is 10.6 Å². The van der Waals surface area contributed by atoms with Crippen LogP contribution in [0, 0.1) is 13.8 Å². The van der Waals surface area contributed by atoms with Crippen molar-refractivity contribution < 1.29 is 4.79 Å². The molecule has 0 atom stereocenters. The van der Waals surface area contributed by atoms with E-state index >= 15 is 0 Å². The molecule has 0 heterocycles. The molecule has 1 aliphatic carbocycles. The summed E-state index contributed by atoms with van der Waals surface area (Å²) in [7, 11) is 0. The maximum absolute atomic E-state index is 12.3. The third-order valence-electron chi connectivity index (χ3n) is 4.07. The van der Waals surface area contributed by atoms with Crippen molar-refractivity contribution in [3.8, 4) is 0 Å². The average Bonchev–Trinajstić information content (AvgIpc) is 3.24. The first-order valence-corrected chi connectivity index (χ1v) is 7.31. The number of anilines is 1. The molecule has 0 radical (unpaired) electrons. The van der Waals surface area contributed by atoms with Crippen LogP contribution in [0.25, 0.3) is 0 Å². The largest absolute Gasteiger partial charge is 0.328 e. The molecule has 1 aliphatic rings. The van der Waals surface area contributed by atoms with E-state index in [9.17, 15) is 4.79 Å². The number of carbonyl (C=O) groups excluding carboxylic acids is 1. The number of nitrogens with one attached hydrogen (secondary N) is 2. The van der Waals surface area contributed by atoms with Crippen LogP contribution in [0.15, 0.2) is 48.5 Å². The molecule has 0 aromatic heterocycles. The first kappa shape index (κ1) is 13.7.